The highest BCUT2D eigenvalue weighted by Gasteiger charge is 2.34. The van der Waals surface area contributed by atoms with Crippen LogP contribution in [0.25, 0.3) is 22.5 Å². The van der Waals surface area contributed by atoms with Gasteiger partial charge in [-0.25, -0.2) is 8.96 Å². The highest BCUT2D eigenvalue weighted by Crippen LogP contribution is 2.37. The molecule has 0 aliphatic carbocycles. The number of benzene rings is 3. The van der Waals surface area contributed by atoms with E-state index in [-0.39, 0.29) is 22.5 Å². The molecule has 0 atom stereocenters. The molecule has 0 bridgehead atoms. The number of carbonyl (C=O) groups excluding carboxylic acids is 1. The number of ketones is 1. The van der Waals surface area contributed by atoms with E-state index in [0.717, 1.165) is 20.4 Å². The zero-order valence-electron chi connectivity index (χ0n) is 19.3. The van der Waals surface area contributed by atoms with Crippen molar-refractivity contribution in [3.05, 3.63) is 99.8 Å². The molecule has 1 heterocycles. The van der Waals surface area contributed by atoms with Gasteiger partial charge in [-0.15, -0.1) is 0 Å². The van der Waals surface area contributed by atoms with E-state index in [9.17, 15) is 26.4 Å². The van der Waals surface area contributed by atoms with Gasteiger partial charge in [0.15, 0.2) is 5.82 Å². The summed E-state index contributed by atoms with van der Waals surface area (Å²) in [6, 6.07) is 16.0. The lowest BCUT2D eigenvalue weighted by Gasteiger charge is -2.17. The summed E-state index contributed by atoms with van der Waals surface area (Å²) in [4.78, 5) is 17.9. The number of hydrogen-bond donors (Lipinski definition) is 0. The molecule has 4 rings (SSSR count). The summed E-state index contributed by atoms with van der Waals surface area (Å²) in [6.45, 7) is 0. The van der Waals surface area contributed by atoms with Crippen LogP contribution in [0.15, 0.2) is 72.8 Å². The van der Waals surface area contributed by atoms with E-state index < -0.39 is 33.6 Å². The Kier molecular flexibility index (Phi) is 7.22. The minimum Gasteiger partial charge on any atom is -0.285 e. The SMILES string of the molecule is CN(C)S(=O)(=O)n1c(C(=O)c2ccc(Cl)cc2)nc(-c2ccc(C(F)(F)F)cc2)c1-c1ccc(Cl)cc1. The fourth-order valence-electron chi connectivity index (χ4n) is 3.55. The number of alkyl halides is 3. The summed E-state index contributed by atoms with van der Waals surface area (Å²) in [5.74, 6) is -1.17. The van der Waals surface area contributed by atoms with Crippen molar-refractivity contribution in [3.63, 3.8) is 0 Å². The zero-order chi connectivity index (χ0) is 27.1. The number of rotatable bonds is 6. The Balaban J connectivity index is 2.07. The second-order valence-corrected chi connectivity index (χ2v) is 11.0. The Labute approximate surface area is 221 Å². The molecule has 0 aliphatic heterocycles. The van der Waals surface area contributed by atoms with Crippen LogP contribution >= 0.6 is 23.2 Å². The standard InChI is InChI=1S/C25H18Cl2F3N3O3S/c1-32(2)37(35,36)33-22(16-5-11-19(26)12-6-16)21(15-3-9-18(10-4-15)25(28,29)30)31-24(33)23(34)17-7-13-20(27)14-8-17/h3-14H,1-2H3. The molecule has 0 unspecified atom stereocenters. The maximum Gasteiger partial charge on any atom is 0.416 e. The average Bonchev–Trinajstić information content (AvgIpc) is 3.25. The maximum atomic E-state index is 13.5. The molecule has 6 nitrogen and oxygen atoms in total. The first-order valence-corrected chi connectivity index (χ1v) is 12.8. The van der Waals surface area contributed by atoms with Crippen molar-refractivity contribution in [1.29, 1.82) is 0 Å². The van der Waals surface area contributed by atoms with Crippen LogP contribution in [-0.4, -0.2) is 41.6 Å². The summed E-state index contributed by atoms with van der Waals surface area (Å²) in [7, 11) is -1.77. The second kappa shape index (κ2) is 9.94. The Morgan fingerprint density at radius 3 is 1.81 bits per heavy atom. The molecule has 12 heteroatoms. The lowest BCUT2D eigenvalue weighted by molar-refractivity contribution is -0.137. The molecule has 0 aliphatic rings. The Morgan fingerprint density at radius 1 is 0.838 bits per heavy atom. The molecule has 4 aromatic rings. The smallest absolute Gasteiger partial charge is 0.285 e. The van der Waals surface area contributed by atoms with Crippen LogP contribution < -0.4 is 0 Å². The third kappa shape index (κ3) is 5.28. The van der Waals surface area contributed by atoms with Gasteiger partial charge < -0.3 is 0 Å². The van der Waals surface area contributed by atoms with Crippen LogP contribution in [-0.2, 0) is 16.4 Å². The Morgan fingerprint density at radius 2 is 1.32 bits per heavy atom. The topological polar surface area (TPSA) is 72.3 Å². The van der Waals surface area contributed by atoms with Crippen molar-refractivity contribution in [2.75, 3.05) is 14.1 Å². The predicted octanol–water partition coefficient (Wildman–Crippen LogP) is 6.43. The molecule has 0 N–H and O–H groups in total. The van der Waals surface area contributed by atoms with Gasteiger partial charge in [-0.1, -0.05) is 47.5 Å². The van der Waals surface area contributed by atoms with Crippen molar-refractivity contribution < 1.29 is 26.4 Å². The summed E-state index contributed by atoms with van der Waals surface area (Å²) in [6.07, 6.45) is -4.57. The third-order valence-corrected chi connectivity index (χ3v) is 7.69. The molecular weight excluding hydrogens is 550 g/mol. The zero-order valence-corrected chi connectivity index (χ0v) is 21.6. The van der Waals surface area contributed by atoms with Crippen LogP contribution in [0.1, 0.15) is 21.7 Å². The number of imidazole rings is 1. The Bertz CT molecular complexity index is 1570. The van der Waals surface area contributed by atoms with Gasteiger partial charge >= 0.3 is 16.4 Å². The van der Waals surface area contributed by atoms with Crippen molar-refractivity contribution in [2.24, 2.45) is 0 Å². The molecule has 0 saturated heterocycles. The van der Waals surface area contributed by atoms with Crippen molar-refractivity contribution in [1.82, 2.24) is 13.3 Å². The molecule has 0 saturated carbocycles. The number of carbonyl (C=O) groups is 1. The first-order valence-electron chi connectivity index (χ1n) is 10.6. The highest BCUT2D eigenvalue weighted by molar-refractivity contribution is 7.87. The average molecular weight is 568 g/mol. The maximum absolute atomic E-state index is 13.5. The number of aromatic nitrogens is 2. The highest BCUT2D eigenvalue weighted by atomic mass is 35.5. The van der Waals surface area contributed by atoms with Crippen LogP contribution in [0.2, 0.25) is 10.0 Å². The first-order chi connectivity index (χ1) is 17.3. The van der Waals surface area contributed by atoms with Gasteiger partial charge in [0.05, 0.1) is 17.0 Å². The molecular formula is C25H18Cl2F3N3O3S. The molecule has 1 aromatic heterocycles. The summed E-state index contributed by atoms with van der Waals surface area (Å²) in [5.41, 5.74) is -0.280. The first kappa shape index (κ1) is 26.9. The monoisotopic (exact) mass is 567 g/mol. The minimum absolute atomic E-state index is 0.00112. The quantitative estimate of drug-likeness (QED) is 0.252. The van der Waals surface area contributed by atoms with E-state index in [4.69, 9.17) is 23.2 Å². The number of halogens is 5. The summed E-state index contributed by atoms with van der Waals surface area (Å²) >= 11 is 12.0. The fraction of sp³-hybridized carbons (Fsp3) is 0.120. The van der Waals surface area contributed by atoms with E-state index in [0.29, 0.717) is 15.6 Å². The molecule has 0 radical (unpaired) electrons. The van der Waals surface area contributed by atoms with Crippen molar-refractivity contribution in [2.45, 2.75) is 6.18 Å². The largest absolute Gasteiger partial charge is 0.416 e. The molecule has 0 amide bonds. The Hall–Kier alpha value is -3.18. The van der Waals surface area contributed by atoms with Gasteiger partial charge in [-0.3, -0.25) is 4.79 Å². The minimum atomic E-state index is -4.57. The summed E-state index contributed by atoms with van der Waals surface area (Å²) < 4.78 is 68.3. The third-order valence-electron chi connectivity index (χ3n) is 5.44. The normalized spacial score (nSPS) is 12.2. The van der Waals surface area contributed by atoms with E-state index in [2.05, 4.69) is 4.98 Å². The van der Waals surface area contributed by atoms with E-state index >= 15 is 0 Å². The van der Waals surface area contributed by atoms with Crippen molar-refractivity contribution in [3.8, 4) is 22.5 Å². The van der Waals surface area contributed by atoms with Gasteiger partial charge in [0.2, 0.25) is 5.78 Å². The van der Waals surface area contributed by atoms with Crippen molar-refractivity contribution >= 4 is 39.2 Å². The molecule has 37 heavy (non-hydrogen) atoms. The lowest BCUT2D eigenvalue weighted by Crippen LogP contribution is -2.32. The van der Waals surface area contributed by atoms with Gasteiger partial charge in [-0.2, -0.15) is 25.9 Å². The molecule has 0 fully saturated rings. The van der Waals surface area contributed by atoms with Gasteiger partial charge in [0.1, 0.15) is 0 Å². The van der Waals surface area contributed by atoms with E-state index in [1.54, 1.807) is 0 Å². The van der Waals surface area contributed by atoms with E-state index in [1.165, 1.54) is 74.8 Å². The van der Waals surface area contributed by atoms with Crippen LogP contribution in [0.3, 0.4) is 0 Å². The molecule has 0 spiro atoms. The number of nitrogens with zero attached hydrogens (tertiary/aromatic N) is 3. The van der Waals surface area contributed by atoms with Crippen LogP contribution in [0.4, 0.5) is 13.2 Å². The van der Waals surface area contributed by atoms with Crippen LogP contribution in [0.5, 0.6) is 0 Å². The lowest BCUT2D eigenvalue weighted by atomic mass is 10.0. The van der Waals surface area contributed by atoms with Gasteiger partial charge in [0, 0.05) is 40.8 Å². The van der Waals surface area contributed by atoms with Crippen LogP contribution in [0, 0.1) is 0 Å². The van der Waals surface area contributed by atoms with Gasteiger partial charge in [-0.05, 0) is 48.5 Å². The van der Waals surface area contributed by atoms with Gasteiger partial charge in [0.25, 0.3) is 0 Å². The summed E-state index contributed by atoms with van der Waals surface area (Å²) in [5, 5.41) is 0.743. The number of hydrogen-bond acceptors (Lipinski definition) is 4. The van der Waals surface area contributed by atoms with E-state index in [1.807, 2.05) is 0 Å². The fourth-order valence-corrected chi connectivity index (χ4v) is 4.89. The second-order valence-electron chi connectivity index (χ2n) is 8.11. The molecule has 3 aromatic carbocycles. The predicted molar refractivity (Wildman–Crippen MR) is 136 cm³/mol. The molecule has 192 valence electrons.